The summed E-state index contributed by atoms with van der Waals surface area (Å²) >= 11 is 3.27. The Balaban J connectivity index is 0.00000272. The second-order valence-electron chi connectivity index (χ2n) is 7.08. The molecule has 1 aliphatic heterocycles. The van der Waals surface area contributed by atoms with Crippen LogP contribution < -0.4 is 14.8 Å². The SMILES string of the molecule is Cc1ccc(S(=O)(=O)Nc2ncc(Br)nc2OCc2ccc3c(c2)CNCC3)cc1.Cl. The van der Waals surface area contributed by atoms with Crippen LogP contribution in [0.5, 0.6) is 5.88 Å². The summed E-state index contributed by atoms with van der Waals surface area (Å²) in [6.45, 7) is 3.97. The van der Waals surface area contributed by atoms with Crippen molar-refractivity contribution >= 4 is 44.2 Å². The summed E-state index contributed by atoms with van der Waals surface area (Å²) in [5.41, 5.74) is 4.54. The molecule has 3 aromatic rings. The average molecular weight is 526 g/mol. The number of aromatic nitrogens is 2. The van der Waals surface area contributed by atoms with E-state index in [4.69, 9.17) is 4.74 Å². The summed E-state index contributed by atoms with van der Waals surface area (Å²) in [4.78, 5) is 8.56. The average Bonchev–Trinajstić information content (AvgIpc) is 2.74. The molecule has 0 saturated carbocycles. The Morgan fingerprint density at radius 2 is 1.94 bits per heavy atom. The van der Waals surface area contributed by atoms with Crippen LogP contribution in [-0.4, -0.2) is 24.9 Å². The van der Waals surface area contributed by atoms with E-state index in [0.717, 1.165) is 30.6 Å². The van der Waals surface area contributed by atoms with E-state index in [9.17, 15) is 8.42 Å². The number of halogens is 2. The molecule has 7 nitrogen and oxygen atoms in total. The summed E-state index contributed by atoms with van der Waals surface area (Å²) < 4.78 is 34.2. The standard InChI is InChI=1S/C21H21BrN4O3S.ClH/c1-14-2-6-18(7-3-14)30(27,28)26-20-21(25-19(22)12-24-20)29-13-15-4-5-16-8-9-23-11-17(16)10-15;/h2-7,10,12,23H,8-9,11,13H2,1H3,(H,24,26);1H. The predicted octanol–water partition coefficient (Wildman–Crippen LogP) is 3.99. The smallest absolute Gasteiger partial charge is 0.263 e. The van der Waals surface area contributed by atoms with Gasteiger partial charge in [0.1, 0.15) is 11.2 Å². The molecule has 0 atom stereocenters. The minimum Gasteiger partial charge on any atom is -0.470 e. The van der Waals surface area contributed by atoms with Crippen molar-refractivity contribution < 1.29 is 13.2 Å². The number of hydrogen-bond donors (Lipinski definition) is 2. The number of benzene rings is 2. The normalized spacial score (nSPS) is 13.1. The van der Waals surface area contributed by atoms with Crippen LogP contribution in [0.4, 0.5) is 5.82 Å². The van der Waals surface area contributed by atoms with E-state index in [1.807, 2.05) is 13.0 Å². The van der Waals surface area contributed by atoms with Crippen LogP contribution in [0.1, 0.15) is 22.3 Å². The van der Waals surface area contributed by atoms with Gasteiger partial charge in [0, 0.05) is 6.54 Å². The van der Waals surface area contributed by atoms with Gasteiger partial charge in [0.05, 0.1) is 11.1 Å². The van der Waals surface area contributed by atoms with Crippen molar-refractivity contribution in [3.8, 4) is 5.88 Å². The van der Waals surface area contributed by atoms with Crippen molar-refractivity contribution in [1.29, 1.82) is 0 Å². The molecule has 0 radical (unpaired) electrons. The Hall–Kier alpha value is -2.20. The number of aryl methyl sites for hydroxylation is 1. The molecule has 1 aliphatic rings. The Labute approximate surface area is 196 Å². The van der Waals surface area contributed by atoms with Crippen molar-refractivity contribution in [2.45, 2.75) is 31.4 Å². The molecule has 164 valence electrons. The van der Waals surface area contributed by atoms with Gasteiger partial charge in [0.2, 0.25) is 5.82 Å². The molecule has 4 rings (SSSR count). The molecule has 31 heavy (non-hydrogen) atoms. The van der Waals surface area contributed by atoms with E-state index in [1.54, 1.807) is 24.3 Å². The Bertz CT molecular complexity index is 1170. The Kier molecular flexibility index (Phi) is 7.53. The van der Waals surface area contributed by atoms with Crippen LogP contribution in [0.3, 0.4) is 0 Å². The van der Waals surface area contributed by atoms with Gasteiger partial charge in [-0.25, -0.2) is 18.4 Å². The maximum Gasteiger partial charge on any atom is 0.263 e. The van der Waals surface area contributed by atoms with E-state index in [2.05, 4.69) is 48.1 Å². The third kappa shape index (κ3) is 5.74. The van der Waals surface area contributed by atoms with Crippen molar-refractivity contribution in [2.75, 3.05) is 11.3 Å². The topological polar surface area (TPSA) is 93.2 Å². The van der Waals surface area contributed by atoms with Crippen LogP contribution in [0.2, 0.25) is 0 Å². The molecule has 0 amide bonds. The van der Waals surface area contributed by atoms with Crippen LogP contribution in [-0.2, 0) is 29.6 Å². The second kappa shape index (κ2) is 9.95. The van der Waals surface area contributed by atoms with E-state index in [0.29, 0.717) is 4.60 Å². The first-order chi connectivity index (χ1) is 14.4. The third-order valence-electron chi connectivity index (χ3n) is 4.81. The van der Waals surface area contributed by atoms with E-state index < -0.39 is 10.0 Å². The molecule has 0 unspecified atom stereocenters. The molecule has 0 fully saturated rings. The zero-order valence-electron chi connectivity index (χ0n) is 16.8. The van der Waals surface area contributed by atoms with Crippen molar-refractivity contribution in [1.82, 2.24) is 15.3 Å². The first-order valence-electron chi connectivity index (χ1n) is 9.47. The fraction of sp³-hybridized carbons (Fsp3) is 0.238. The lowest BCUT2D eigenvalue weighted by Crippen LogP contribution is -2.23. The summed E-state index contributed by atoms with van der Waals surface area (Å²) in [5, 5.41) is 3.36. The monoisotopic (exact) mass is 524 g/mol. The molecule has 2 heterocycles. The number of hydrogen-bond acceptors (Lipinski definition) is 6. The van der Waals surface area contributed by atoms with Gasteiger partial charge >= 0.3 is 0 Å². The molecule has 0 spiro atoms. The third-order valence-corrected chi connectivity index (χ3v) is 6.54. The van der Waals surface area contributed by atoms with Gasteiger partial charge in [-0.1, -0.05) is 35.9 Å². The molecule has 2 aromatic carbocycles. The fourth-order valence-corrected chi connectivity index (χ4v) is 4.47. The molecule has 0 bridgehead atoms. The molecule has 1 aromatic heterocycles. The maximum absolute atomic E-state index is 12.7. The maximum atomic E-state index is 12.7. The first kappa shape index (κ1) is 23.5. The highest BCUT2D eigenvalue weighted by Gasteiger charge is 2.19. The van der Waals surface area contributed by atoms with Gasteiger partial charge in [-0.2, -0.15) is 0 Å². The van der Waals surface area contributed by atoms with Crippen LogP contribution >= 0.6 is 28.3 Å². The number of nitrogens with one attached hydrogen (secondary N) is 2. The van der Waals surface area contributed by atoms with E-state index in [-0.39, 0.29) is 35.6 Å². The van der Waals surface area contributed by atoms with Gasteiger partial charge in [-0.3, -0.25) is 4.72 Å². The highest BCUT2D eigenvalue weighted by atomic mass is 79.9. The fourth-order valence-electron chi connectivity index (χ4n) is 3.20. The summed E-state index contributed by atoms with van der Waals surface area (Å²) in [6.07, 6.45) is 2.43. The number of anilines is 1. The Morgan fingerprint density at radius 1 is 1.16 bits per heavy atom. The molecule has 0 saturated heterocycles. The van der Waals surface area contributed by atoms with E-state index in [1.165, 1.54) is 17.3 Å². The minimum absolute atomic E-state index is 0. The van der Waals surface area contributed by atoms with Gasteiger partial charge in [0.15, 0.2) is 0 Å². The van der Waals surface area contributed by atoms with Crippen molar-refractivity contribution in [2.24, 2.45) is 0 Å². The number of nitrogens with zero attached hydrogens (tertiary/aromatic N) is 2. The zero-order valence-corrected chi connectivity index (χ0v) is 20.0. The van der Waals surface area contributed by atoms with Crippen molar-refractivity contribution in [3.63, 3.8) is 0 Å². The molecule has 10 heteroatoms. The molecular formula is C21H22BrClN4O3S. The second-order valence-corrected chi connectivity index (χ2v) is 9.58. The molecule has 2 N–H and O–H groups in total. The highest BCUT2D eigenvalue weighted by Crippen LogP contribution is 2.26. The highest BCUT2D eigenvalue weighted by molar-refractivity contribution is 9.10. The van der Waals surface area contributed by atoms with Crippen molar-refractivity contribution in [3.05, 3.63) is 75.5 Å². The van der Waals surface area contributed by atoms with E-state index >= 15 is 0 Å². The first-order valence-corrected chi connectivity index (χ1v) is 11.7. The van der Waals surface area contributed by atoms with Crippen LogP contribution in [0.15, 0.2) is 58.2 Å². The van der Waals surface area contributed by atoms with Crippen LogP contribution in [0, 0.1) is 6.92 Å². The number of fused-ring (bicyclic) bond motifs is 1. The zero-order chi connectivity index (χ0) is 21.1. The lowest BCUT2D eigenvalue weighted by molar-refractivity contribution is 0.294. The quantitative estimate of drug-likeness (QED) is 0.505. The number of sulfonamides is 1. The largest absolute Gasteiger partial charge is 0.470 e. The number of ether oxygens (including phenoxy) is 1. The number of rotatable bonds is 6. The summed E-state index contributed by atoms with van der Waals surface area (Å²) in [6, 6.07) is 12.8. The molecule has 0 aliphatic carbocycles. The predicted molar refractivity (Wildman–Crippen MR) is 125 cm³/mol. The molecular weight excluding hydrogens is 504 g/mol. The van der Waals surface area contributed by atoms with Gasteiger partial charge in [-0.05, 0) is 64.6 Å². The van der Waals surface area contributed by atoms with Gasteiger partial charge in [-0.15, -0.1) is 12.4 Å². The van der Waals surface area contributed by atoms with Gasteiger partial charge < -0.3 is 10.1 Å². The van der Waals surface area contributed by atoms with Crippen LogP contribution in [0.25, 0.3) is 0 Å². The summed E-state index contributed by atoms with van der Waals surface area (Å²) in [7, 11) is -3.82. The summed E-state index contributed by atoms with van der Waals surface area (Å²) in [5.74, 6) is 0.148. The van der Waals surface area contributed by atoms with Gasteiger partial charge in [0.25, 0.3) is 15.9 Å². The Morgan fingerprint density at radius 3 is 2.71 bits per heavy atom. The lowest BCUT2D eigenvalue weighted by Gasteiger charge is -2.18. The minimum atomic E-state index is -3.82. The lowest BCUT2D eigenvalue weighted by atomic mass is 9.99.